The van der Waals surface area contributed by atoms with E-state index in [1.807, 2.05) is 42.5 Å². The second kappa shape index (κ2) is 7.20. The molecule has 25 heavy (non-hydrogen) atoms. The molecule has 0 aliphatic carbocycles. The average molecular weight is 330 g/mol. The van der Waals surface area contributed by atoms with Gasteiger partial charge < -0.3 is 4.74 Å². The van der Waals surface area contributed by atoms with E-state index < -0.39 is 11.5 Å². The van der Waals surface area contributed by atoms with E-state index in [-0.39, 0.29) is 18.6 Å². The minimum absolute atomic E-state index is 0.0336. The highest BCUT2D eigenvalue weighted by Crippen LogP contribution is 2.51. The van der Waals surface area contributed by atoms with Crippen molar-refractivity contribution in [1.82, 2.24) is 0 Å². The van der Waals surface area contributed by atoms with E-state index in [1.54, 1.807) is 12.1 Å². The fraction of sp³-hybridized carbons (Fsp3) is 0.286. The SMILES string of the molecule is N#CCCC1(CCC#N)C(=O)c2ccccc2OC1c1ccccc1. The first kappa shape index (κ1) is 16.7. The Balaban J connectivity index is 2.16. The van der Waals surface area contributed by atoms with Crippen LogP contribution >= 0.6 is 0 Å². The van der Waals surface area contributed by atoms with Crippen LogP contribution in [0.2, 0.25) is 0 Å². The Bertz CT molecular complexity index is 828. The number of ether oxygens (including phenoxy) is 1. The van der Waals surface area contributed by atoms with Gasteiger partial charge in [-0.2, -0.15) is 10.5 Å². The van der Waals surface area contributed by atoms with E-state index in [2.05, 4.69) is 12.1 Å². The predicted molar refractivity (Wildman–Crippen MR) is 92.7 cm³/mol. The van der Waals surface area contributed by atoms with Gasteiger partial charge in [0, 0.05) is 12.8 Å². The third kappa shape index (κ3) is 2.99. The second-order valence-electron chi connectivity index (χ2n) is 6.21. The van der Waals surface area contributed by atoms with E-state index >= 15 is 0 Å². The van der Waals surface area contributed by atoms with Gasteiger partial charge in [0.15, 0.2) is 5.78 Å². The molecule has 1 aliphatic rings. The molecule has 0 fully saturated rings. The van der Waals surface area contributed by atoms with Crippen LogP contribution in [0.25, 0.3) is 0 Å². The average Bonchev–Trinajstić information content (AvgIpc) is 2.67. The Morgan fingerprint density at radius 2 is 1.52 bits per heavy atom. The highest BCUT2D eigenvalue weighted by molar-refractivity contribution is 6.04. The second-order valence-corrected chi connectivity index (χ2v) is 6.21. The van der Waals surface area contributed by atoms with Crippen LogP contribution in [0.1, 0.15) is 47.7 Å². The summed E-state index contributed by atoms with van der Waals surface area (Å²) in [5.41, 5.74) is 0.521. The number of carbonyl (C=O) groups is 1. The fourth-order valence-corrected chi connectivity index (χ4v) is 3.57. The van der Waals surface area contributed by atoms with Gasteiger partial charge in [-0.1, -0.05) is 42.5 Å². The molecular formula is C21H18N2O2. The highest BCUT2D eigenvalue weighted by Gasteiger charge is 2.51. The Kier molecular flexibility index (Phi) is 4.82. The number of hydrogen-bond donors (Lipinski definition) is 0. The number of carbonyl (C=O) groups excluding carboxylic acids is 1. The van der Waals surface area contributed by atoms with Gasteiger partial charge in [-0.25, -0.2) is 0 Å². The molecule has 0 aromatic heterocycles. The van der Waals surface area contributed by atoms with Crippen molar-refractivity contribution in [1.29, 1.82) is 10.5 Å². The standard InChI is InChI=1S/C21H18N2O2/c22-14-6-12-21(13-7-15-23)19(24)17-10-4-5-11-18(17)25-20(21)16-8-2-1-3-9-16/h1-5,8-11,20H,6-7,12-13H2. The molecule has 0 radical (unpaired) electrons. The zero-order valence-electron chi connectivity index (χ0n) is 13.8. The Morgan fingerprint density at radius 3 is 2.16 bits per heavy atom. The Labute approximate surface area is 147 Å². The summed E-state index contributed by atoms with van der Waals surface area (Å²) in [4.78, 5) is 13.4. The summed E-state index contributed by atoms with van der Waals surface area (Å²) in [5, 5.41) is 18.2. The minimum Gasteiger partial charge on any atom is -0.484 e. The molecule has 0 saturated heterocycles. The first-order valence-corrected chi connectivity index (χ1v) is 8.32. The molecule has 4 nitrogen and oxygen atoms in total. The fourth-order valence-electron chi connectivity index (χ4n) is 3.57. The third-order valence-corrected chi connectivity index (χ3v) is 4.80. The molecule has 0 saturated carbocycles. The lowest BCUT2D eigenvalue weighted by Gasteiger charge is -2.43. The molecule has 0 N–H and O–H groups in total. The first-order valence-electron chi connectivity index (χ1n) is 8.32. The van der Waals surface area contributed by atoms with Crippen LogP contribution in [0, 0.1) is 28.1 Å². The van der Waals surface area contributed by atoms with Crippen LogP contribution in [0.5, 0.6) is 5.75 Å². The van der Waals surface area contributed by atoms with E-state index in [0.29, 0.717) is 24.2 Å². The molecule has 1 unspecified atom stereocenters. The van der Waals surface area contributed by atoms with Gasteiger partial charge in [0.05, 0.1) is 23.1 Å². The summed E-state index contributed by atoms with van der Waals surface area (Å²) in [7, 11) is 0. The van der Waals surface area contributed by atoms with Crippen molar-refractivity contribution in [3.63, 3.8) is 0 Å². The number of ketones is 1. The predicted octanol–water partition coefficient (Wildman–Crippen LogP) is 4.60. The van der Waals surface area contributed by atoms with Crippen LogP contribution in [-0.4, -0.2) is 5.78 Å². The van der Waals surface area contributed by atoms with Crippen molar-refractivity contribution >= 4 is 5.78 Å². The van der Waals surface area contributed by atoms with Crippen molar-refractivity contribution in [2.24, 2.45) is 5.41 Å². The lowest BCUT2D eigenvalue weighted by molar-refractivity contribution is 0.0170. The van der Waals surface area contributed by atoms with Crippen molar-refractivity contribution in [3.05, 3.63) is 65.7 Å². The molecule has 4 heteroatoms. The Morgan fingerprint density at radius 1 is 0.920 bits per heavy atom. The minimum atomic E-state index is -0.902. The topological polar surface area (TPSA) is 73.9 Å². The van der Waals surface area contributed by atoms with Crippen LogP contribution in [0.4, 0.5) is 0 Å². The molecule has 1 heterocycles. The van der Waals surface area contributed by atoms with Crippen molar-refractivity contribution < 1.29 is 9.53 Å². The smallest absolute Gasteiger partial charge is 0.176 e. The van der Waals surface area contributed by atoms with E-state index in [1.165, 1.54) is 0 Å². The van der Waals surface area contributed by atoms with Gasteiger partial charge in [0.25, 0.3) is 0 Å². The molecule has 124 valence electrons. The van der Waals surface area contributed by atoms with Crippen molar-refractivity contribution in [3.8, 4) is 17.9 Å². The summed E-state index contributed by atoms with van der Waals surface area (Å²) < 4.78 is 6.26. The first-order chi connectivity index (χ1) is 12.2. The van der Waals surface area contributed by atoms with Gasteiger partial charge in [-0.05, 0) is 30.5 Å². The molecule has 0 bridgehead atoms. The van der Waals surface area contributed by atoms with E-state index in [9.17, 15) is 4.79 Å². The van der Waals surface area contributed by atoms with Crippen LogP contribution in [0.15, 0.2) is 54.6 Å². The number of nitrogens with zero attached hydrogens (tertiary/aromatic N) is 2. The lowest BCUT2D eigenvalue weighted by Crippen LogP contribution is -2.43. The van der Waals surface area contributed by atoms with Gasteiger partial charge in [0.2, 0.25) is 0 Å². The molecule has 1 aliphatic heterocycles. The molecule has 0 spiro atoms. The number of para-hydroxylation sites is 1. The maximum Gasteiger partial charge on any atom is 0.176 e. The van der Waals surface area contributed by atoms with Gasteiger partial charge in [-0.3, -0.25) is 4.79 Å². The van der Waals surface area contributed by atoms with E-state index in [0.717, 1.165) is 5.56 Å². The molecule has 3 rings (SSSR count). The van der Waals surface area contributed by atoms with Crippen molar-refractivity contribution in [2.45, 2.75) is 31.8 Å². The number of fused-ring (bicyclic) bond motifs is 1. The normalized spacial score (nSPS) is 17.7. The maximum absolute atomic E-state index is 13.4. The summed E-state index contributed by atoms with van der Waals surface area (Å²) in [6.07, 6.45) is 0.728. The third-order valence-electron chi connectivity index (χ3n) is 4.80. The number of benzene rings is 2. The summed E-state index contributed by atoms with van der Waals surface area (Å²) in [5.74, 6) is 0.527. The lowest BCUT2D eigenvalue weighted by atomic mass is 9.66. The van der Waals surface area contributed by atoms with Gasteiger partial charge in [0.1, 0.15) is 11.9 Å². The number of hydrogen-bond acceptors (Lipinski definition) is 4. The Hall–Kier alpha value is -3.11. The zero-order chi connectivity index (χ0) is 17.7. The highest BCUT2D eigenvalue weighted by atomic mass is 16.5. The summed E-state index contributed by atoms with van der Waals surface area (Å²) in [6.45, 7) is 0. The monoisotopic (exact) mass is 330 g/mol. The zero-order valence-corrected chi connectivity index (χ0v) is 13.8. The molecule has 2 aromatic rings. The summed E-state index contributed by atoms with van der Waals surface area (Å²) >= 11 is 0. The molecule has 0 amide bonds. The quantitative estimate of drug-likeness (QED) is 0.803. The molecular weight excluding hydrogens is 312 g/mol. The van der Waals surface area contributed by atoms with Gasteiger partial charge in [-0.15, -0.1) is 0 Å². The van der Waals surface area contributed by atoms with Gasteiger partial charge >= 0.3 is 0 Å². The van der Waals surface area contributed by atoms with E-state index in [4.69, 9.17) is 15.3 Å². The molecule has 2 aromatic carbocycles. The van der Waals surface area contributed by atoms with Crippen molar-refractivity contribution in [2.75, 3.05) is 0 Å². The van der Waals surface area contributed by atoms with Crippen LogP contribution < -0.4 is 4.74 Å². The maximum atomic E-state index is 13.4. The number of nitriles is 2. The largest absolute Gasteiger partial charge is 0.484 e. The number of rotatable bonds is 5. The summed E-state index contributed by atoms with van der Waals surface area (Å²) in [6, 6.07) is 21.1. The molecule has 1 atom stereocenters. The number of Topliss-reactive ketones (excluding diaryl/α,β-unsaturated/α-hetero) is 1. The van der Waals surface area contributed by atoms with Crippen LogP contribution in [-0.2, 0) is 0 Å². The van der Waals surface area contributed by atoms with Crippen LogP contribution in [0.3, 0.4) is 0 Å².